The highest BCUT2D eigenvalue weighted by atomic mass is 16.5. The summed E-state index contributed by atoms with van der Waals surface area (Å²) in [6.45, 7) is 8.89. The van der Waals surface area contributed by atoms with Crippen molar-refractivity contribution in [3.05, 3.63) is 47.0 Å². The van der Waals surface area contributed by atoms with Crippen molar-refractivity contribution >= 4 is 0 Å². The van der Waals surface area contributed by atoms with Crippen molar-refractivity contribution in [1.82, 2.24) is 14.9 Å². The molecule has 0 radical (unpaired) electrons. The molecule has 0 amide bonds. The maximum absolute atomic E-state index is 5.98. The van der Waals surface area contributed by atoms with Crippen molar-refractivity contribution in [3.8, 4) is 5.75 Å². The van der Waals surface area contributed by atoms with Crippen LogP contribution in [-0.4, -0.2) is 22.7 Å². The number of hydrogen-bond acceptors (Lipinski definition) is 3. The minimum absolute atomic E-state index is 0.652. The van der Waals surface area contributed by atoms with Crippen molar-refractivity contribution in [2.24, 2.45) is 7.05 Å². The quantitative estimate of drug-likeness (QED) is 0.851. The Bertz CT molecular complexity index is 566. The Morgan fingerprint density at radius 3 is 2.52 bits per heavy atom. The van der Waals surface area contributed by atoms with E-state index in [4.69, 9.17) is 4.74 Å². The van der Waals surface area contributed by atoms with Gasteiger partial charge in [-0.15, -0.1) is 0 Å². The van der Waals surface area contributed by atoms with Crippen LogP contribution in [-0.2, 0) is 20.0 Å². The second kappa shape index (κ2) is 7.27. The van der Waals surface area contributed by atoms with Crippen LogP contribution in [0.2, 0.25) is 0 Å². The lowest BCUT2D eigenvalue weighted by Crippen LogP contribution is -2.12. The molecule has 0 fully saturated rings. The molecule has 1 aromatic carbocycles. The Kier molecular flexibility index (Phi) is 5.39. The van der Waals surface area contributed by atoms with Crippen LogP contribution in [0.3, 0.4) is 0 Å². The summed E-state index contributed by atoms with van der Waals surface area (Å²) in [7, 11) is 2.01. The van der Waals surface area contributed by atoms with Crippen molar-refractivity contribution in [2.45, 2.75) is 33.7 Å². The van der Waals surface area contributed by atoms with E-state index >= 15 is 0 Å². The summed E-state index contributed by atoms with van der Waals surface area (Å²) in [6, 6.07) is 4.40. The van der Waals surface area contributed by atoms with E-state index in [9.17, 15) is 0 Å². The van der Waals surface area contributed by atoms with Crippen LogP contribution in [0.1, 0.15) is 29.4 Å². The Labute approximate surface area is 127 Å². The number of benzene rings is 1. The van der Waals surface area contributed by atoms with Crippen molar-refractivity contribution in [3.63, 3.8) is 0 Å². The fourth-order valence-electron chi connectivity index (χ4n) is 2.52. The van der Waals surface area contributed by atoms with Gasteiger partial charge in [0.25, 0.3) is 0 Å². The van der Waals surface area contributed by atoms with Gasteiger partial charge in [0, 0.05) is 32.4 Å². The average Bonchev–Trinajstić information content (AvgIpc) is 2.85. The average molecular weight is 287 g/mol. The number of imidazole rings is 1. The number of aromatic nitrogens is 2. The second-order valence-corrected chi connectivity index (χ2v) is 5.39. The second-order valence-electron chi connectivity index (χ2n) is 5.39. The number of nitrogens with one attached hydrogen (secondary N) is 1. The van der Waals surface area contributed by atoms with Gasteiger partial charge in [0.15, 0.2) is 0 Å². The number of rotatable bonds is 7. The smallest absolute Gasteiger partial charge is 0.125 e. The van der Waals surface area contributed by atoms with Gasteiger partial charge < -0.3 is 14.6 Å². The van der Waals surface area contributed by atoms with E-state index < -0.39 is 0 Å². The van der Waals surface area contributed by atoms with Crippen molar-refractivity contribution in [1.29, 1.82) is 0 Å². The normalized spacial score (nSPS) is 10.9. The molecule has 0 saturated heterocycles. The van der Waals surface area contributed by atoms with Crippen LogP contribution in [0.15, 0.2) is 24.5 Å². The number of aryl methyl sites for hydroxylation is 3. The topological polar surface area (TPSA) is 39.1 Å². The van der Waals surface area contributed by atoms with Gasteiger partial charge in [0.1, 0.15) is 11.6 Å². The molecule has 0 atom stereocenters. The first kappa shape index (κ1) is 15.6. The first-order chi connectivity index (χ1) is 10.1. The first-order valence-corrected chi connectivity index (χ1v) is 7.51. The molecule has 1 heterocycles. The summed E-state index contributed by atoms with van der Waals surface area (Å²) < 4.78 is 8.01. The zero-order chi connectivity index (χ0) is 15.2. The standard InChI is InChI=1S/C17H25N3O/c1-5-18-12-15-10-13(2)17(14(3)11-15)21-9-6-16-19-7-8-20(16)4/h7-8,10-11,18H,5-6,9,12H2,1-4H3. The highest BCUT2D eigenvalue weighted by molar-refractivity contribution is 5.43. The van der Waals surface area contributed by atoms with Crippen molar-refractivity contribution < 1.29 is 4.74 Å². The van der Waals surface area contributed by atoms with Gasteiger partial charge in [-0.2, -0.15) is 0 Å². The molecule has 0 aliphatic rings. The summed E-state index contributed by atoms with van der Waals surface area (Å²) in [5.41, 5.74) is 3.70. The molecule has 0 bridgehead atoms. The van der Waals surface area contributed by atoms with Gasteiger partial charge in [-0.1, -0.05) is 19.1 Å². The summed E-state index contributed by atoms with van der Waals surface area (Å²) in [5.74, 6) is 2.05. The predicted octanol–water partition coefficient (Wildman–Crippen LogP) is 2.77. The molecule has 1 N–H and O–H groups in total. The lowest BCUT2D eigenvalue weighted by atomic mass is 10.1. The maximum atomic E-state index is 5.98. The van der Waals surface area contributed by atoms with E-state index in [0.717, 1.165) is 31.1 Å². The van der Waals surface area contributed by atoms with E-state index in [0.29, 0.717) is 6.61 Å². The molecule has 2 rings (SSSR count). The fourth-order valence-corrected chi connectivity index (χ4v) is 2.52. The Morgan fingerprint density at radius 2 is 1.95 bits per heavy atom. The lowest BCUT2D eigenvalue weighted by molar-refractivity contribution is 0.313. The molecular formula is C17H25N3O. The third-order valence-corrected chi connectivity index (χ3v) is 3.59. The van der Waals surface area contributed by atoms with Gasteiger partial charge in [0.2, 0.25) is 0 Å². The molecule has 0 saturated carbocycles. The predicted molar refractivity (Wildman–Crippen MR) is 85.7 cm³/mol. The van der Waals surface area contributed by atoms with Crippen LogP contribution in [0.4, 0.5) is 0 Å². The molecule has 0 aliphatic heterocycles. The SMILES string of the molecule is CCNCc1cc(C)c(OCCc2nccn2C)c(C)c1. The largest absolute Gasteiger partial charge is 0.493 e. The number of hydrogen-bond donors (Lipinski definition) is 1. The highest BCUT2D eigenvalue weighted by Gasteiger charge is 2.07. The summed E-state index contributed by atoms with van der Waals surface area (Å²) in [4.78, 5) is 4.31. The minimum atomic E-state index is 0.652. The summed E-state index contributed by atoms with van der Waals surface area (Å²) >= 11 is 0. The lowest BCUT2D eigenvalue weighted by Gasteiger charge is -2.14. The molecule has 0 aliphatic carbocycles. The molecule has 1 aromatic heterocycles. The van der Waals surface area contributed by atoms with E-state index in [1.54, 1.807) is 0 Å². The maximum Gasteiger partial charge on any atom is 0.125 e. The van der Waals surface area contributed by atoms with E-state index in [1.807, 2.05) is 24.0 Å². The Hall–Kier alpha value is -1.81. The Balaban J connectivity index is 1.98. The van der Waals surface area contributed by atoms with Crippen LogP contribution < -0.4 is 10.1 Å². The fraction of sp³-hybridized carbons (Fsp3) is 0.471. The molecule has 4 heteroatoms. The Morgan fingerprint density at radius 1 is 1.24 bits per heavy atom. The van der Waals surface area contributed by atoms with Crippen molar-refractivity contribution in [2.75, 3.05) is 13.2 Å². The number of ether oxygens (including phenoxy) is 1. The molecule has 0 unspecified atom stereocenters. The van der Waals surface area contributed by atoms with Crippen LogP contribution in [0, 0.1) is 13.8 Å². The molecule has 0 spiro atoms. The van der Waals surface area contributed by atoms with Gasteiger partial charge in [-0.3, -0.25) is 0 Å². The van der Waals surface area contributed by atoms with E-state index in [1.165, 1.54) is 16.7 Å². The number of nitrogens with zero attached hydrogens (tertiary/aromatic N) is 2. The summed E-state index contributed by atoms with van der Waals surface area (Å²) in [6.07, 6.45) is 4.60. The molecular weight excluding hydrogens is 262 g/mol. The first-order valence-electron chi connectivity index (χ1n) is 7.51. The van der Waals surface area contributed by atoms with Gasteiger partial charge >= 0.3 is 0 Å². The summed E-state index contributed by atoms with van der Waals surface area (Å²) in [5, 5.41) is 3.35. The van der Waals surface area contributed by atoms with Crippen LogP contribution in [0.25, 0.3) is 0 Å². The van der Waals surface area contributed by atoms with Crippen LogP contribution in [0.5, 0.6) is 5.75 Å². The highest BCUT2D eigenvalue weighted by Crippen LogP contribution is 2.25. The van der Waals surface area contributed by atoms with Gasteiger partial charge in [-0.25, -0.2) is 4.98 Å². The monoisotopic (exact) mass is 287 g/mol. The zero-order valence-corrected chi connectivity index (χ0v) is 13.4. The molecule has 114 valence electrons. The third kappa shape index (κ3) is 4.08. The third-order valence-electron chi connectivity index (χ3n) is 3.59. The molecule has 21 heavy (non-hydrogen) atoms. The molecule has 4 nitrogen and oxygen atoms in total. The minimum Gasteiger partial charge on any atom is -0.493 e. The van der Waals surface area contributed by atoms with Gasteiger partial charge in [-0.05, 0) is 37.1 Å². The van der Waals surface area contributed by atoms with Crippen LogP contribution >= 0.6 is 0 Å². The zero-order valence-electron chi connectivity index (χ0n) is 13.4. The van der Waals surface area contributed by atoms with Gasteiger partial charge in [0.05, 0.1) is 6.61 Å². The van der Waals surface area contributed by atoms with E-state index in [-0.39, 0.29) is 0 Å². The van der Waals surface area contributed by atoms with E-state index in [2.05, 4.69) is 43.2 Å². The molecule has 2 aromatic rings.